The van der Waals surface area contributed by atoms with Crippen LogP contribution in [0.25, 0.3) is 11.2 Å². The normalized spacial score (nSPS) is 23.8. The molecule has 1 unspecified atom stereocenters. The molecule has 5 rings (SSSR count). The summed E-state index contributed by atoms with van der Waals surface area (Å²) in [5, 5.41) is 32.7. The molecule has 1 aliphatic rings. The van der Waals surface area contributed by atoms with Gasteiger partial charge in [-0.3, -0.25) is 0 Å². The number of nitrogen functional groups attached to an aromatic ring is 1. The van der Waals surface area contributed by atoms with E-state index in [-0.39, 0.29) is 31.5 Å². The van der Waals surface area contributed by atoms with Crippen LogP contribution in [0.2, 0.25) is 0 Å². The summed E-state index contributed by atoms with van der Waals surface area (Å²) in [5.41, 5.74) is 6.95. The molecule has 0 spiro atoms. The van der Waals surface area contributed by atoms with Crippen LogP contribution in [0.15, 0.2) is 67.0 Å². The maximum absolute atomic E-state index is 11.6. The van der Waals surface area contributed by atoms with Gasteiger partial charge in [-0.25, -0.2) is 4.98 Å². The van der Waals surface area contributed by atoms with E-state index in [1.165, 1.54) is 6.33 Å². The summed E-state index contributed by atoms with van der Waals surface area (Å²) in [7, 11) is 0. The molecule has 2 aromatic heterocycles. The first-order valence-corrected chi connectivity index (χ1v) is 11.8. The van der Waals surface area contributed by atoms with E-state index >= 15 is 0 Å². The van der Waals surface area contributed by atoms with Crippen molar-refractivity contribution in [3.05, 3.63) is 78.1 Å². The third kappa shape index (κ3) is 4.63. The summed E-state index contributed by atoms with van der Waals surface area (Å²) in [6.45, 7) is 0.0867. The van der Waals surface area contributed by atoms with Crippen molar-refractivity contribution in [3.63, 3.8) is 0 Å². The van der Waals surface area contributed by atoms with Gasteiger partial charge in [-0.2, -0.15) is 9.97 Å². The van der Waals surface area contributed by atoms with E-state index in [1.54, 1.807) is 4.57 Å². The minimum absolute atomic E-state index is 0.0128. The molecule has 1 fully saturated rings. The maximum Gasteiger partial charge on any atom is 0.247 e. The number of nitrogens with two attached hydrogens (primary N) is 1. The van der Waals surface area contributed by atoms with Crippen LogP contribution in [0, 0.1) is 5.92 Å². The second kappa shape index (κ2) is 10.2. The van der Waals surface area contributed by atoms with E-state index < -0.39 is 30.3 Å². The predicted octanol–water partition coefficient (Wildman–Crippen LogP) is 1.85. The largest absolute Gasteiger partial charge is 0.471 e. The lowest BCUT2D eigenvalue weighted by atomic mass is 9.88. The molecule has 1 aliphatic carbocycles. The number of hydrogen-bond acceptors (Lipinski definition) is 9. The highest BCUT2D eigenvalue weighted by atomic mass is 16.5. The van der Waals surface area contributed by atoms with E-state index in [1.807, 2.05) is 60.7 Å². The standard InChI is InChI=1S/C26H29N5O5/c27-25-29-23-22(24(30-25)36-13-18-9-5-2-6-10-18)28-16-31(23)21-11-20(33)19(26(21,34)15-32)14-35-12-17-7-3-1-4-8-17/h1-10,16,19-21,32-34H,11-15H2,(H2,27,29,30)/t19?,20-,21-,26-/m0/s1. The van der Waals surface area contributed by atoms with Crippen molar-refractivity contribution < 1.29 is 24.8 Å². The Morgan fingerprint density at radius 1 is 1.00 bits per heavy atom. The zero-order chi connectivity index (χ0) is 25.1. The van der Waals surface area contributed by atoms with Crippen LogP contribution in [0.3, 0.4) is 0 Å². The Hall–Kier alpha value is -3.57. The SMILES string of the molecule is Nc1nc(OCc2ccccc2)c2ncn([C@H]3C[C@H](O)C(COCc4ccccc4)[C@@]3(O)CO)c2n1. The maximum atomic E-state index is 11.6. The van der Waals surface area contributed by atoms with E-state index in [4.69, 9.17) is 15.2 Å². The molecule has 188 valence electrons. The molecule has 0 amide bonds. The fraction of sp³-hybridized carbons (Fsp3) is 0.346. The third-order valence-corrected chi connectivity index (χ3v) is 6.77. The van der Waals surface area contributed by atoms with Gasteiger partial charge < -0.3 is 35.1 Å². The molecule has 10 nitrogen and oxygen atoms in total. The number of benzene rings is 2. The molecule has 4 atom stereocenters. The zero-order valence-electron chi connectivity index (χ0n) is 19.6. The van der Waals surface area contributed by atoms with Gasteiger partial charge in [0.2, 0.25) is 11.8 Å². The molecule has 0 bridgehead atoms. The number of imidazole rings is 1. The van der Waals surface area contributed by atoms with Gasteiger partial charge in [-0.1, -0.05) is 60.7 Å². The first-order chi connectivity index (χ1) is 17.5. The second-order valence-corrected chi connectivity index (χ2v) is 9.06. The Labute approximate surface area is 208 Å². The van der Waals surface area contributed by atoms with E-state index in [9.17, 15) is 15.3 Å². The average Bonchev–Trinajstić information content (AvgIpc) is 3.42. The fourth-order valence-electron chi connectivity index (χ4n) is 4.85. The third-order valence-electron chi connectivity index (χ3n) is 6.77. The number of hydrogen-bond donors (Lipinski definition) is 4. The number of anilines is 1. The number of rotatable bonds is 9. The van der Waals surface area contributed by atoms with Gasteiger partial charge >= 0.3 is 0 Å². The number of aromatic nitrogens is 4. The smallest absolute Gasteiger partial charge is 0.247 e. The van der Waals surface area contributed by atoms with Crippen molar-refractivity contribution in [1.82, 2.24) is 19.5 Å². The Balaban J connectivity index is 1.39. The molecular formula is C26H29N5O5. The van der Waals surface area contributed by atoms with Gasteiger partial charge in [0, 0.05) is 5.92 Å². The highest BCUT2D eigenvalue weighted by molar-refractivity contribution is 5.77. The Morgan fingerprint density at radius 2 is 1.67 bits per heavy atom. The van der Waals surface area contributed by atoms with Crippen molar-refractivity contribution in [2.75, 3.05) is 18.9 Å². The van der Waals surface area contributed by atoms with Crippen LogP contribution in [-0.2, 0) is 18.0 Å². The fourth-order valence-corrected chi connectivity index (χ4v) is 4.85. The van der Waals surface area contributed by atoms with Crippen LogP contribution in [0.4, 0.5) is 5.95 Å². The van der Waals surface area contributed by atoms with Crippen molar-refractivity contribution in [2.45, 2.75) is 37.4 Å². The molecule has 36 heavy (non-hydrogen) atoms. The van der Waals surface area contributed by atoms with Crippen LogP contribution in [0.5, 0.6) is 5.88 Å². The quantitative estimate of drug-likeness (QED) is 0.275. The molecule has 2 aromatic carbocycles. The van der Waals surface area contributed by atoms with Gasteiger partial charge in [-0.05, 0) is 17.5 Å². The average molecular weight is 492 g/mol. The van der Waals surface area contributed by atoms with Gasteiger partial charge in [0.05, 0.1) is 38.3 Å². The summed E-state index contributed by atoms with van der Waals surface area (Å²) in [4.78, 5) is 12.9. The number of ether oxygens (including phenoxy) is 2. The Morgan fingerprint density at radius 3 is 2.33 bits per heavy atom. The molecule has 10 heteroatoms. The molecular weight excluding hydrogens is 462 g/mol. The number of fused-ring (bicyclic) bond motifs is 1. The van der Waals surface area contributed by atoms with Gasteiger partial charge in [0.15, 0.2) is 11.2 Å². The minimum Gasteiger partial charge on any atom is -0.471 e. The van der Waals surface area contributed by atoms with E-state index in [2.05, 4.69) is 15.0 Å². The summed E-state index contributed by atoms with van der Waals surface area (Å²) in [5.74, 6) is -0.517. The van der Waals surface area contributed by atoms with Gasteiger partial charge in [0.1, 0.15) is 12.2 Å². The molecule has 4 aromatic rings. The van der Waals surface area contributed by atoms with Gasteiger partial charge in [-0.15, -0.1) is 0 Å². The van der Waals surface area contributed by atoms with Crippen LogP contribution in [-0.4, -0.2) is 59.8 Å². The summed E-state index contributed by atoms with van der Waals surface area (Å²) in [6, 6.07) is 18.5. The number of nitrogens with zero attached hydrogens (tertiary/aromatic N) is 4. The van der Waals surface area contributed by atoms with Crippen molar-refractivity contribution in [2.24, 2.45) is 5.92 Å². The first kappa shape index (κ1) is 24.1. The predicted molar refractivity (Wildman–Crippen MR) is 132 cm³/mol. The van der Waals surface area contributed by atoms with Crippen LogP contribution < -0.4 is 10.5 Å². The molecule has 0 saturated heterocycles. The number of aliphatic hydroxyl groups is 3. The van der Waals surface area contributed by atoms with Crippen molar-refractivity contribution in [1.29, 1.82) is 0 Å². The molecule has 2 heterocycles. The van der Waals surface area contributed by atoms with E-state index in [0.29, 0.717) is 17.8 Å². The van der Waals surface area contributed by atoms with Crippen LogP contribution >= 0.6 is 0 Å². The van der Waals surface area contributed by atoms with Crippen LogP contribution in [0.1, 0.15) is 23.6 Å². The summed E-state index contributed by atoms with van der Waals surface area (Å²) < 4.78 is 13.3. The van der Waals surface area contributed by atoms with Crippen molar-refractivity contribution >= 4 is 17.1 Å². The minimum atomic E-state index is -1.67. The van der Waals surface area contributed by atoms with Gasteiger partial charge in [0.25, 0.3) is 0 Å². The Bertz CT molecular complexity index is 1300. The lowest BCUT2D eigenvalue weighted by molar-refractivity contribution is -0.109. The zero-order valence-corrected chi connectivity index (χ0v) is 19.6. The van der Waals surface area contributed by atoms with E-state index in [0.717, 1.165) is 11.1 Å². The molecule has 0 radical (unpaired) electrons. The number of aliphatic hydroxyl groups excluding tert-OH is 2. The topological polar surface area (TPSA) is 149 Å². The molecule has 5 N–H and O–H groups in total. The lowest BCUT2D eigenvalue weighted by Crippen LogP contribution is -2.47. The lowest BCUT2D eigenvalue weighted by Gasteiger charge is -2.34. The summed E-state index contributed by atoms with van der Waals surface area (Å²) >= 11 is 0. The Kier molecular flexibility index (Phi) is 6.84. The van der Waals surface area contributed by atoms with Crippen molar-refractivity contribution in [3.8, 4) is 5.88 Å². The monoisotopic (exact) mass is 491 g/mol. The summed E-state index contributed by atoms with van der Waals surface area (Å²) in [6.07, 6.45) is 0.763. The highest BCUT2D eigenvalue weighted by Crippen LogP contribution is 2.45. The molecule has 0 aliphatic heterocycles. The second-order valence-electron chi connectivity index (χ2n) is 9.06. The highest BCUT2D eigenvalue weighted by Gasteiger charge is 2.55. The molecule has 1 saturated carbocycles. The first-order valence-electron chi connectivity index (χ1n) is 11.8.